The number of nitrogens with zero attached hydrogens (tertiary/aromatic N) is 1. The highest BCUT2D eigenvalue weighted by atomic mass is 35.5. The van der Waals surface area contributed by atoms with E-state index in [0.717, 1.165) is 29.0 Å². The molecular weight excluding hydrogens is 403 g/mol. The molecular formula is C20H20Cl2N2O2S. The standard InChI is InChI=1S/C20H20Cl2N2O2S/c21-16-6-7-17(22)18(10-16)27-13-19(25)23-11-14-3-1-4-15(9-14)12-24-8-2-5-20(24)26/h1,3-4,6-7,9-10H,2,5,8,11-13H2,(H,23,25). The molecule has 3 rings (SSSR count). The first-order chi connectivity index (χ1) is 13.0. The van der Waals surface area contributed by atoms with Crippen LogP contribution in [-0.2, 0) is 22.7 Å². The Hall–Kier alpha value is -1.69. The van der Waals surface area contributed by atoms with Crippen molar-refractivity contribution in [3.05, 3.63) is 63.6 Å². The van der Waals surface area contributed by atoms with E-state index < -0.39 is 0 Å². The minimum atomic E-state index is -0.0730. The molecule has 0 aliphatic carbocycles. The van der Waals surface area contributed by atoms with Crippen LogP contribution in [0.1, 0.15) is 24.0 Å². The average molecular weight is 423 g/mol. The third kappa shape index (κ3) is 5.89. The van der Waals surface area contributed by atoms with Crippen LogP contribution in [0.4, 0.5) is 0 Å². The van der Waals surface area contributed by atoms with Gasteiger partial charge in [0.15, 0.2) is 0 Å². The van der Waals surface area contributed by atoms with Crippen LogP contribution in [0.5, 0.6) is 0 Å². The zero-order chi connectivity index (χ0) is 19.2. The van der Waals surface area contributed by atoms with E-state index >= 15 is 0 Å². The normalized spacial score (nSPS) is 13.9. The smallest absolute Gasteiger partial charge is 0.230 e. The maximum absolute atomic E-state index is 12.1. The van der Waals surface area contributed by atoms with Crippen LogP contribution in [-0.4, -0.2) is 29.0 Å². The fourth-order valence-corrected chi connectivity index (χ4v) is 4.24. The van der Waals surface area contributed by atoms with Crippen molar-refractivity contribution in [3.8, 4) is 0 Å². The number of hydrogen-bond donors (Lipinski definition) is 1. The molecule has 0 spiro atoms. The summed E-state index contributed by atoms with van der Waals surface area (Å²) in [7, 11) is 0. The number of likely N-dealkylation sites (tertiary alicyclic amines) is 1. The summed E-state index contributed by atoms with van der Waals surface area (Å²) >= 11 is 13.4. The molecule has 1 aliphatic heterocycles. The van der Waals surface area contributed by atoms with Gasteiger partial charge in [0, 0.05) is 36.0 Å². The summed E-state index contributed by atoms with van der Waals surface area (Å²) < 4.78 is 0. The second-order valence-electron chi connectivity index (χ2n) is 6.38. The van der Waals surface area contributed by atoms with Crippen LogP contribution in [0, 0.1) is 0 Å². The van der Waals surface area contributed by atoms with Crippen LogP contribution >= 0.6 is 35.0 Å². The zero-order valence-corrected chi connectivity index (χ0v) is 17.0. The van der Waals surface area contributed by atoms with Crippen molar-refractivity contribution in [2.24, 2.45) is 0 Å². The monoisotopic (exact) mass is 422 g/mol. The summed E-state index contributed by atoms with van der Waals surface area (Å²) in [6, 6.07) is 13.2. The molecule has 1 N–H and O–H groups in total. The van der Waals surface area contributed by atoms with Gasteiger partial charge in [0.25, 0.3) is 0 Å². The molecule has 7 heteroatoms. The van der Waals surface area contributed by atoms with Crippen LogP contribution in [0.2, 0.25) is 10.0 Å². The molecule has 0 unspecified atom stereocenters. The van der Waals surface area contributed by atoms with E-state index in [1.165, 1.54) is 11.8 Å². The number of thioether (sulfide) groups is 1. The second kappa shape index (κ2) is 9.49. The highest BCUT2D eigenvalue weighted by molar-refractivity contribution is 8.00. The van der Waals surface area contributed by atoms with Crippen molar-refractivity contribution in [1.82, 2.24) is 10.2 Å². The molecule has 1 heterocycles. The highest BCUT2D eigenvalue weighted by Crippen LogP contribution is 2.29. The first kappa shape index (κ1) is 20.1. The van der Waals surface area contributed by atoms with Crippen LogP contribution in [0.15, 0.2) is 47.4 Å². The lowest BCUT2D eigenvalue weighted by molar-refractivity contribution is -0.128. The SMILES string of the molecule is O=C(CSc1cc(Cl)ccc1Cl)NCc1cccc(CN2CCCC2=O)c1. The predicted molar refractivity (Wildman–Crippen MR) is 110 cm³/mol. The summed E-state index contributed by atoms with van der Waals surface area (Å²) in [5.41, 5.74) is 2.09. The predicted octanol–water partition coefficient (Wildman–Crippen LogP) is 4.52. The quantitative estimate of drug-likeness (QED) is 0.666. The van der Waals surface area contributed by atoms with E-state index in [-0.39, 0.29) is 17.6 Å². The number of carbonyl (C=O) groups excluding carboxylic acids is 2. The zero-order valence-electron chi connectivity index (χ0n) is 14.7. The van der Waals surface area contributed by atoms with E-state index in [9.17, 15) is 9.59 Å². The molecule has 0 bridgehead atoms. The van der Waals surface area contributed by atoms with E-state index in [2.05, 4.69) is 5.32 Å². The van der Waals surface area contributed by atoms with E-state index in [4.69, 9.17) is 23.2 Å². The third-order valence-corrected chi connectivity index (χ3v) is 6.01. The first-order valence-electron chi connectivity index (χ1n) is 8.71. The van der Waals surface area contributed by atoms with Crippen LogP contribution < -0.4 is 5.32 Å². The molecule has 27 heavy (non-hydrogen) atoms. The summed E-state index contributed by atoms with van der Waals surface area (Å²) in [6.45, 7) is 1.90. The van der Waals surface area contributed by atoms with Gasteiger partial charge in [0.05, 0.1) is 10.8 Å². The molecule has 0 atom stereocenters. The second-order valence-corrected chi connectivity index (χ2v) is 8.24. The maximum Gasteiger partial charge on any atom is 0.230 e. The molecule has 1 saturated heterocycles. The molecule has 142 valence electrons. The van der Waals surface area contributed by atoms with Crippen LogP contribution in [0.3, 0.4) is 0 Å². The van der Waals surface area contributed by atoms with Crippen LogP contribution in [0.25, 0.3) is 0 Å². The van der Waals surface area contributed by atoms with Gasteiger partial charge in [-0.05, 0) is 35.7 Å². The summed E-state index contributed by atoms with van der Waals surface area (Å²) in [6.07, 6.45) is 1.58. The van der Waals surface area contributed by atoms with E-state index in [1.807, 2.05) is 29.2 Å². The van der Waals surface area contributed by atoms with Gasteiger partial charge in [-0.3, -0.25) is 9.59 Å². The van der Waals surface area contributed by atoms with Crippen molar-refractivity contribution < 1.29 is 9.59 Å². The largest absolute Gasteiger partial charge is 0.351 e. The molecule has 2 aromatic rings. The minimum Gasteiger partial charge on any atom is -0.351 e. The highest BCUT2D eigenvalue weighted by Gasteiger charge is 2.19. The van der Waals surface area contributed by atoms with Crippen molar-refractivity contribution in [2.75, 3.05) is 12.3 Å². The van der Waals surface area contributed by atoms with E-state index in [0.29, 0.717) is 29.6 Å². The molecule has 1 fully saturated rings. The van der Waals surface area contributed by atoms with Gasteiger partial charge in [-0.1, -0.05) is 47.5 Å². The van der Waals surface area contributed by atoms with Crippen molar-refractivity contribution in [2.45, 2.75) is 30.8 Å². The fraction of sp³-hybridized carbons (Fsp3) is 0.300. The molecule has 4 nitrogen and oxygen atoms in total. The number of carbonyl (C=O) groups is 2. The van der Waals surface area contributed by atoms with E-state index in [1.54, 1.807) is 18.2 Å². The van der Waals surface area contributed by atoms with Gasteiger partial charge in [-0.15, -0.1) is 11.8 Å². The lowest BCUT2D eigenvalue weighted by Gasteiger charge is -2.16. The lowest BCUT2D eigenvalue weighted by Crippen LogP contribution is -2.25. The Morgan fingerprint density at radius 2 is 1.96 bits per heavy atom. The van der Waals surface area contributed by atoms with Gasteiger partial charge in [-0.25, -0.2) is 0 Å². The topological polar surface area (TPSA) is 49.4 Å². The number of nitrogens with one attached hydrogen (secondary N) is 1. The fourth-order valence-electron chi connectivity index (χ4n) is 2.91. The third-order valence-electron chi connectivity index (χ3n) is 4.28. The molecule has 2 amide bonds. The van der Waals surface area contributed by atoms with Gasteiger partial charge in [-0.2, -0.15) is 0 Å². The molecule has 1 aliphatic rings. The maximum atomic E-state index is 12.1. The Morgan fingerprint density at radius 1 is 1.15 bits per heavy atom. The number of benzene rings is 2. The Morgan fingerprint density at radius 3 is 2.74 bits per heavy atom. The Labute approximate surface area is 173 Å². The minimum absolute atomic E-state index is 0.0730. The summed E-state index contributed by atoms with van der Waals surface area (Å²) in [5, 5.41) is 4.09. The number of hydrogen-bond acceptors (Lipinski definition) is 3. The number of rotatable bonds is 7. The Kier molecular flexibility index (Phi) is 7.05. The van der Waals surface area contributed by atoms with Gasteiger partial charge in [0.1, 0.15) is 0 Å². The Bertz CT molecular complexity index is 844. The van der Waals surface area contributed by atoms with Gasteiger partial charge >= 0.3 is 0 Å². The number of amides is 2. The van der Waals surface area contributed by atoms with Crippen molar-refractivity contribution in [3.63, 3.8) is 0 Å². The molecule has 0 saturated carbocycles. The summed E-state index contributed by atoms with van der Waals surface area (Å²) in [4.78, 5) is 26.6. The van der Waals surface area contributed by atoms with Crippen molar-refractivity contribution in [1.29, 1.82) is 0 Å². The van der Waals surface area contributed by atoms with Gasteiger partial charge < -0.3 is 10.2 Å². The first-order valence-corrected chi connectivity index (χ1v) is 10.5. The molecule has 2 aromatic carbocycles. The van der Waals surface area contributed by atoms with Gasteiger partial charge in [0.2, 0.25) is 11.8 Å². The van der Waals surface area contributed by atoms with Crippen molar-refractivity contribution >= 4 is 46.8 Å². The summed E-state index contributed by atoms with van der Waals surface area (Å²) in [5.74, 6) is 0.406. The average Bonchev–Trinajstić information content (AvgIpc) is 3.06. The lowest BCUT2D eigenvalue weighted by atomic mass is 10.1. The number of halogens is 2. The molecule has 0 radical (unpaired) electrons. The molecule has 0 aromatic heterocycles. The Balaban J connectivity index is 1.49.